The Bertz CT molecular complexity index is 547. The van der Waals surface area contributed by atoms with Crippen LogP contribution >= 0.6 is 0 Å². The van der Waals surface area contributed by atoms with Crippen molar-refractivity contribution in [1.82, 2.24) is 0 Å². The maximum atomic E-state index is 12.1. The largest absolute Gasteiger partial charge is 0.507 e. The van der Waals surface area contributed by atoms with E-state index in [2.05, 4.69) is 4.90 Å². The van der Waals surface area contributed by atoms with Gasteiger partial charge >= 0.3 is 0 Å². The van der Waals surface area contributed by atoms with Crippen LogP contribution in [0, 0.1) is 0 Å². The highest BCUT2D eigenvalue weighted by molar-refractivity contribution is 6.03. The number of carbonyl (C=O) groups is 1. The lowest BCUT2D eigenvalue weighted by Crippen LogP contribution is -2.38. The zero-order valence-corrected chi connectivity index (χ0v) is 11.8. The number of ketones is 1. The molecule has 0 saturated carbocycles. The number of benzene rings is 1. The number of hydrogen-bond donors (Lipinski definition) is 1. The highest BCUT2D eigenvalue weighted by Gasteiger charge is 2.35. The first kappa shape index (κ1) is 13.2. The second-order valence-electron chi connectivity index (χ2n) is 5.90. The van der Waals surface area contributed by atoms with Crippen LogP contribution in [0.25, 0.3) is 0 Å². The lowest BCUT2D eigenvalue weighted by molar-refractivity contribution is 0.0614. The number of Topliss-reactive ketones (excluding diaryl/α,β-unsaturated/α-hetero) is 1. The number of anilines is 1. The number of phenolic OH excluding ortho intramolecular Hbond substituents is 1. The third-order valence-corrected chi connectivity index (χ3v) is 3.69. The van der Waals surface area contributed by atoms with Crippen LogP contribution in [0.15, 0.2) is 12.1 Å². The molecule has 1 saturated heterocycles. The predicted octanol–water partition coefficient (Wildman–Crippen LogP) is 1.97. The Morgan fingerprint density at radius 3 is 2.65 bits per heavy atom. The van der Waals surface area contributed by atoms with E-state index in [1.165, 1.54) is 0 Å². The van der Waals surface area contributed by atoms with Crippen LogP contribution in [-0.2, 0) is 4.74 Å². The van der Waals surface area contributed by atoms with Gasteiger partial charge < -0.3 is 19.5 Å². The highest BCUT2D eigenvalue weighted by Crippen LogP contribution is 2.41. The molecule has 3 rings (SSSR count). The molecule has 108 valence electrons. The van der Waals surface area contributed by atoms with Crippen LogP contribution in [0.2, 0.25) is 0 Å². The smallest absolute Gasteiger partial charge is 0.174 e. The number of morpholine rings is 1. The fourth-order valence-electron chi connectivity index (χ4n) is 2.76. The molecule has 2 aliphatic rings. The minimum Gasteiger partial charge on any atom is -0.507 e. The summed E-state index contributed by atoms with van der Waals surface area (Å²) in [5.74, 6) is 0.416. The van der Waals surface area contributed by atoms with Crippen molar-refractivity contribution in [2.24, 2.45) is 0 Å². The summed E-state index contributed by atoms with van der Waals surface area (Å²) >= 11 is 0. The van der Waals surface area contributed by atoms with Gasteiger partial charge in [0.15, 0.2) is 5.78 Å². The van der Waals surface area contributed by atoms with Crippen molar-refractivity contribution in [1.29, 1.82) is 0 Å². The van der Waals surface area contributed by atoms with E-state index in [0.29, 0.717) is 24.5 Å². The normalized spacial score (nSPS) is 21.3. The predicted molar refractivity (Wildman–Crippen MR) is 74.8 cm³/mol. The zero-order chi connectivity index (χ0) is 14.3. The van der Waals surface area contributed by atoms with Crippen molar-refractivity contribution in [3.63, 3.8) is 0 Å². The van der Waals surface area contributed by atoms with E-state index in [1.807, 2.05) is 19.9 Å². The SMILES string of the molecule is CC1(C)CC(=O)c2c(O)cc(N3CCOCC3)cc2O1. The molecule has 0 amide bonds. The maximum absolute atomic E-state index is 12.1. The van der Waals surface area contributed by atoms with Crippen molar-refractivity contribution in [3.8, 4) is 11.5 Å². The fraction of sp³-hybridized carbons (Fsp3) is 0.533. The Balaban J connectivity index is 2.00. The van der Waals surface area contributed by atoms with Crippen LogP contribution < -0.4 is 9.64 Å². The van der Waals surface area contributed by atoms with Gasteiger partial charge in [0.1, 0.15) is 22.7 Å². The van der Waals surface area contributed by atoms with Crippen molar-refractivity contribution >= 4 is 11.5 Å². The van der Waals surface area contributed by atoms with Crippen LogP contribution in [0.3, 0.4) is 0 Å². The first-order valence-electron chi connectivity index (χ1n) is 6.88. The Kier molecular flexibility index (Phi) is 3.09. The van der Waals surface area contributed by atoms with Gasteiger partial charge in [0.25, 0.3) is 0 Å². The van der Waals surface area contributed by atoms with Gasteiger partial charge in [-0.1, -0.05) is 0 Å². The summed E-state index contributed by atoms with van der Waals surface area (Å²) in [5.41, 5.74) is 0.650. The minimum atomic E-state index is -0.528. The maximum Gasteiger partial charge on any atom is 0.174 e. The number of nitrogens with zero attached hydrogens (tertiary/aromatic N) is 1. The number of rotatable bonds is 1. The molecule has 0 spiro atoms. The van der Waals surface area contributed by atoms with Crippen molar-refractivity contribution in [2.75, 3.05) is 31.2 Å². The molecule has 0 unspecified atom stereocenters. The minimum absolute atomic E-state index is 0.00416. The van der Waals surface area contributed by atoms with Gasteiger partial charge in [-0.15, -0.1) is 0 Å². The first-order valence-corrected chi connectivity index (χ1v) is 6.88. The summed E-state index contributed by atoms with van der Waals surface area (Å²) in [7, 11) is 0. The van der Waals surface area contributed by atoms with Gasteiger partial charge in [-0.2, -0.15) is 0 Å². The standard InChI is InChI=1S/C15H19NO4/c1-15(2)9-12(18)14-11(17)7-10(8-13(14)20-15)16-3-5-19-6-4-16/h7-8,17H,3-6,9H2,1-2H3. The van der Waals surface area contributed by atoms with Crippen molar-refractivity contribution in [2.45, 2.75) is 25.9 Å². The molecule has 5 nitrogen and oxygen atoms in total. The van der Waals surface area contributed by atoms with E-state index >= 15 is 0 Å². The zero-order valence-electron chi connectivity index (χ0n) is 11.8. The summed E-state index contributed by atoms with van der Waals surface area (Å²) in [6.07, 6.45) is 0.282. The van der Waals surface area contributed by atoms with E-state index in [1.54, 1.807) is 6.07 Å². The summed E-state index contributed by atoms with van der Waals surface area (Å²) in [6.45, 7) is 6.65. The highest BCUT2D eigenvalue weighted by atomic mass is 16.5. The second kappa shape index (κ2) is 4.66. The molecule has 0 bridgehead atoms. The van der Waals surface area contributed by atoms with Gasteiger partial charge in [0.2, 0.25) is 0 Å². The fourth-order valence-corrected chi connectivity index (χ4v) is 2.76. The van der Waals surface area contributed by atoms with Crippen LogP contribution in [-0.4, -0.2) is 42.8 Å². The molecule has 0 aromatic heterocycles. The quantitative estimate of drug-likeness (QED) is 0.850. The molecule has 1 N–H and O–H groups in total. The molecule has 1 aromatic carbocycles. The number of ether oxygens (including phenoxy) is 2. The van der Waals surface area contributed by atoms with E-state index in [4.69, 9.17) is 9.47 Å². The van der Waals surface area contributed by atoms with Gasteiger partial charge in [-0.05, 0) is 13.8 Å². The van der Waals surface area contributed by atoms with Gasteiger partial charge in [-0.3, -0.25) is 4.79 Å². The number of phenols is 1. The van der Waals surface area contributed by atoms with E-state index in [-0.39, 0.29) is 18.0 Å². The number of fused-ring (bicyclic) bond motifs is 1. The molecule has 20 heavy (non-hydrogen) atoms. The summed E-state index contributed by atoms with van der Waals surface area (Å²) in [6, 6.07) is 3.49. The lowest BCUT2D eigenvalue weighted by Gasteiger charge is -2.34. The number of carbonyl (C=O) groups excluding carboxylic acids is 1. The van der Waals surface area contributed by atoms with Crippen molar-refractivity contribution in [3.05, 3.63) is 17.7 Å². The third-order valence-electron chi connectivity index (χ3n) is 3.69. The summed E-state index contributed by atoms with van der Waals surface area (Å²) in [5, 5.41) is 10.1. The Labute approximate surface area is 118 Å². The Morgan fingerprint density at radius 1 is 1.25 bits per heavy atom. The summed E-state index contributed by atoms with van der Waals surface area (Å²) < 4.78 is 11.2. The van der Waals surface area contributed by atoms with Crippen molar-refractivity contribution < 1.29 is 19.4 Å². The van der Waals surface area contributed by atoms with Crippen LogP contribution in [0.5, 0.6) is 11.5 Å². The van der Waals surface area contributed by atoms with Crippen LogP contribution in [0.1, 0.15) is 30.6 Å². The molecule has 2 heterocycles. The Morgan fingerprint density at radius 2 is 1.95 bits per heavy atom. The number of hydrogen-bond acceptors (Lipinski definition) is 5. The number of aromatic hydroxyl groups is 1. The molecule has 1 aromatic rings. The molecular weight excluding hydrogens is 258 g/mol. The average Bonchev–Trinajstić information content (AvgIpc) is 2.37. The average molecular weight is 277 g/mol. The van der Waals surface area contributed by atoms with E-state index in [9.17, 15) is 9.90 Å². The molecule has 1 fully saturated rings. The molecule has 2 aliphatic heterocycles. The van der Waals surface area contributed by atoms with Gasteiger partial charge in [0, 0.05) is 30.9 Å². The van der Waals surface area contributed by atoms with Gasteiger partial charge in [-0.25, -0.2) is 0 Å². The molecule has 0 atom stereocenters. The second-order valence-corrected chi connectivity index (χ2v) is 5.90. The topological polar surface area (TPSA) is 59.0 Å². The molecule has 0 aliphatic carbocycles. The molecule has 5 heteroatoms. The molecular formula is C15H19NO4. The van der Waals surface area contributed by atoms with E-state index < -0.39 is 5.60 Å². The van der Waals surface area contributed by atoms with Crippen LogP contribution in [0.4, 0.5) is 5.69 Å². The van der Waals surface area contributed by atoms with E-state index in [0.717, 1.165) is 18.8 Å². The summed E-state index contributed by atoms with van der Waals surface area (Å²) in [4.78, 5) is 14.3. The molecule has 0 radical (unpaired) electrons. The Hall–Kier alpha value is -1.75. The lowest BCUT2D eigenvalue weighted by atomic mass is 9.92. The monoisotopic (exact) mass is 277 g/mol. The third kappa shape index (κ3) is 2.33. The first-order chi connectivity index (χ1) is 9.46. The van der Waals surface area contributed by atoms with Gasteiger partial charge in [0.05, 0.1) is 19.6 Å².